The molecule has 0 radical (unpaired) electrons. The molecule has 0 bridgehead atoms. The van der Waals surface area contributed by atoms with Gasteiger partial charge in [0.2, 0.25) is 0 Å². The first kappa shape index (κ1) is 12.9. The third-order valence-corrected chi connectivity index (χ3v) is 3.57. The molecule has 18 heavy (non-hydrogen) atoms. The van der Waals surface area contributed by atoms with Gasteiger partial charge >= 0.3 is 0 Å². The molecule has 0 atom stereocenters. The number of carbonyl (C=O) groups is 1. The predicted octanol–water partition coefficient (Wildman–Crippen LogP) is 1.82. The van der Waals surface area contributed by atoms with Gasteiger partial charge in [0.15, 0.2) is 0 Å². The van der Waals surface area contributed by atoms with Crippen LogP contribution in [0.2, 0.25) is 0 Å². The molecular weight excluding hydrogens is 228 g/mol. The average Bonchev–Trinajstić information content (AvgIpc) is 3.14. The predicted molar refractivity (Wildman–Crippen MR) is 71.3 cm³/mol. The van der Waals surface area contributed by atoms with Crippen LogP contribution in [0, 0.1) is 5.41 Å². The van der Waals surface area contributed by atoms with E-state index in [-0.39, 0.29) is 11.3 Å². The van der Waals surface area contributed by atoms with E-state index in [0.717, 1.165) is 19.6 Å². The van der Waals surface area contributed by atoms with Crippen molar-refractivity contribution in [2.24, 2.45) is 5.41 Å². The summed E-state index contributed by atoms with van der Waals surface area (Å²) in [5, 5.41) is 2.99. The van der Waals surface area contributed by atoms with E-state index in [9.17, 15) is 4.79 Å². The van der Waals surface area contributed by atoms with Gasteiger partial charge in [-0.1, -0.05) is 6.07 Å². The van der Waals surface area contributed by atoms with Gasteiger partial charge in [0, 0.05) is 31.5 Å². The first-order valence-corrected chi connectivity index (χ1v) is 6.28. The summed E-state index contributed by atoms with van der Waals surface area (Å²) in [6.07, 6.45) is 3.36. The minimum Gasteiger partial charge on any atom is -0.399 e. The highest BCUT2D eigenvalue weighted by Gasteiger charge is 2.42. The monoisotopic (exact) mass is 248 g/mol. The summed E-state index contributed by atoms with van der Waals surface area (Å²) in [4.78, 5) is 11.9. The van der Waals surface area contributed by atoms with Crippen molar-refractivity contribution < 1.29 is 9.53 Å². The molecule has 0 heterocycles. The summed E-state index contributed by atoms with van der Waals surface area (Å²) in [7, 11) is 1.71. The van der Waals surface area contributed by atoms with Gasteiger partial charge in [-0.25, -0.2) is 0 Å². The number of nitrogen functional groups attached to an aromatic ring is 1. The molecule has 1 amide bonds. The van der Waals surface area contributed by atoms with Crippen LogP contribution in [0.5, 0.6) is 0 Å². The molecule has 0 unspecified atom stereocenters. The first-order chi connectivity index (χ1) is 8.65. The van der Waals surface area contributed by atoms with Crippen LogP contribution in [0.1, 0.15) is 29.6 Å². The second-order valence-electron chi connectivity index (χ2n) is 5.05. The first-order valence-electron chi connectivity index (χ1n) is 6.28. The molecule has 4 heteroatoms. The lowest BCUT2D eigenvalue weighted by Crippen LogP contribution is -2.30. The highest BCUT2D eigenvalue weighted by Crippen LogP contribution is 2.48. The number of methoxy groups -OCH3 is 1. The van der Waals surface area contributed by atoms with E-state index in [1.807, 2.05) is 0 Å². The number of carbonyl (C=O) groups excluding carboxylic acids is 1. The highest BCUT2D eigenvalue weighted by atomic mass is 16.5. The second-order valence-corrected chi connectivity index (χ2v) is 5.05. The Morgan fingerprint density at radius 2 is 2.28 bits per heavy atom. The molecule has 1 aromatic carbocycles. The van der Waals surface area contributed by atoms with Crippen LogP contribution < -0.4 is 11.1 Å². The van der Waals surface area contributed by atoms with Crippen LogP contribution >= 0.6 is 0 Å². The zero-order chi connectivity index (χ0) is 13.0. The Hall–Kier alpha value is -1.55. The SMILES string of the molecule is COCCC1(CNC(=O)c2cccc(N)c2)CC1. The Labute approximate surface area is 108 Å². The maximum Gasteiger partial charge on any atom is 0.251 e. The lowest BCUT2D eigenvalue weighted by molar-refractivity contribution is 0.0938. The third-order valence-electron chi connectivity index (χ3n) is 3.57. The highest BCUT2D eigenvalue weighted by molar-refractivity contribution is 5.95. The number of nitrogens with two attached hydrogens (primary N) is 1. The minimum atomic E-state index is -0.0500. The summed E-state index contributed by atoms with van der Waals surface area (Å²) in [6, 6.07) is 7.05. The van der Waals surface area contributed by atoms with E-state index in [1.165, 1.54) is 12.8 Å². The van der Waals surface area contributed by atoms with Gasteiger partial charge in [-0.15, -0.1) is 0 Å². The minimum absolute atomic E-state index is 0.0500. The van der Waals surface area contributed by atoms with Crippen molar-refractivity contribution in [3.8, 4) is 0 Å². The molecule has 1 aliphatic carbocycles. The smallest absolute Gasteiger partial charge is 0.251 e. The topological polar surface area (TPSA) is 64.3 Å². The van der Waals surface area contributed by atoms with Crippen molar-refractivity contribution in [2.45, 2.75) is 19.3 Å². The molecule has 1 fully saturated rings. The fourth-order valence-electron chi connectivity index (χ4n) is 2.06. The van der Waals surface area contributed by atoms with Crippen LogP contribution in [0.4, 0.5) is 5.69 Å². The Balaban J connectivity index is 1.85. The molecule has 1 aliphatic rings. The lowest BCUT2D eigenvalue weighted by atomic mass is 10.0. The van der Waals surface area contributed by atoms with Crippen LogP contribution in [0.15, 0.2) is 24.3 Å². The molecule has 98 valence electrons. The molecule has 0 aromatic heterocycles. The van der Waals surface area contributed by atoms with E-state index < -0.39 is 0 Å². The normalized spacial score (nSPS) is 16.3. The number of anilines is 1. The number of ether oxygens (including phenoxy) is 1. The number of hydrogen-bond acceptors (Lipinski definition) is 3. The van der Waals surface area contributed by atoms with Crippen LogP contribution in [-0.4, -0.2) is 26.2 Å². The summed E-state index contributed by atoms with van der Waals surface area (Å²) in [6.45, 7) is 1.48. The Kier molecular flexibility index (Phi) is 3.87. The largest absolute Gasteiger partial charge is 0.399 e. The van der Waals surface area contributed by atoms with Gasteiger partial charge in [0.1, 0.15) is 0 Å². The van der Waals surface area contributed by atoms with E-state index in [4.69, 9.17) is 10.5 Å². The van der Waals surface area contributed by atoms with E-state index in [1.54, 1.807) is 31.4 Å². The molecule has 3 N–H and O–H groups in total. The number of nitrogens with one attached hydrogen (secondary N) is 1. The molecule has 4 nitrogen and oxygen atoms in total. The van der Waals surface area contributed by atoms with Crippen molar-refractivity contribution in [3.05, 3.63) is 29.8 Å². The zero-order valence-corrected chi connectivity index (χ0v) is 10.7. The van der Waals surface area contributed by atoms with Gasteiger partial charge < -0.3 is 15.8 Å². The summed E-state index contributed by atoms with van der Waals surface area (Å²) < 4.78 is 5.10. The van der Waals surface area contributed by atoms with Crippen LogP contribution in [-0.2, 0) is 4.74 Å². The number of amides is 1. The second kappa shape index (κ2) is 5.40. The zero-order valence-electron chi connectivity index (χ0n) is 10.7. The number of benzene rings is 1. The molecular formula is C14H20N2O2. The molecule has 1 saturated carbocycles. The summed E-state index contributed by atoms with van der Waals surface area (Å²) in [5.41, 5.74) is 7.17. The van der Waals surface area contributed by atoms with Gasteiger partial charge in [0.25, 0.3) is 5.91 Å². The average molecular weight is 248 g/mol. The third kappa shape index (κ3) is 3.23. The van der Waals surface area contributed by atoms with Gasteiger partial charge in [0.05, 0.1) is 0 Å². The van der Waals surface area contributed by atoms with E-state index >= 15 is 0 Å². The molecule has 0 saturated heterocycles. The maximum atomic E-state index is 11.9. The van der Waals surface area contributed by atoms with Gasteiger partial charge in [-0.3, -0.25) is 4.79 Å². The Bertz CT molecular complexity index is 428. The van der Waals surface area contributed by atoms with Crippen LogP contribution in [0.3, 0.4) is 0 Å². The van der Waals surface area contributed by atoms with Crippen molar-refractivity contribution in [1.29, 1.82) is 0 Å². The van der Waals surface area contributed by atoms with Crippen molar-refractivity contribution in [1.82, 2.24) is 5.32 Å². The van der Waals surface area contributed by atoms with E-state index in [2.05, 4.69) is 5.32 Å². The molecule has 1 aromatic rings. The Morgan fingerprint density at radius 3 is 2.89 bits per heavy atom. The number of rotatable bonds is 6. The van der Waals surface area contributed by atoms with Gasteiger partial charge in [-0.2, -0.15) is 0 Å². The number of hydrogen-bond donors (Lipinski definition) is 2. The van der Waals surface area contributed by atoms with Gasteiger partial charge in [-0.05, 0) is 42.9 Å². The summed E-state index contributed by atoms with van der Waals surface area (Å²) >= 11 is 0. The van der Waals surface area contributed by atoms with E-state index in [0.29, 0.717) is 11.3 Å². The van der Waals surface area contributed by atoms with Crippen LogP contribution in [0.25, 0.3) is 0 Å². The van der Waals surface area contributed by atoms with Crippen molar-refractivity contribution >= 4 is 11.6 Å². The fraction of sp³-hybridized carbons (Fsp3) is 0.500. The Morgan fingerprint density at radius 1 is 1.50 bits per heavy atom. The standard InChI is InChI=1S/C14H20N2O2/c1-18-8-7-14(5-6-14)10-16-13(17)11-3-2-4-12(15)9-11/h2-4,9H,5-8,10,15H2,1H3,(H,16,17). The molecule has 0 spiro atoms. The van der Waals surface area contributed by atoms with Crippen molar-refractivity contribution in [2.75, 3.05) is 26.0 Å². The van der Waals surface area contributed by atoms with Crippen molar-refractivity contribution in [3.63, 3.8) is 0 Å². The molecule has 2 rings (SSSR count). The fourth-order valence-corrected chi connectivity index (χ4v) is 2.06. The lowest BCUT2D eigenvalue weighted by Gasteiger charge is -2.15. The maximum absolute atomic E-state index is 11.9. The summed E-state index contributed by atoms with van der Waals surface area (Å²) in [5.74, 6) is -0.0500. The quantitative estimate of drug-likeness (QED) is 0.755. The molecule has 0 aliphatic heterocycles.